The molecule has 0 aromatic carbocycles. The second-order valence-corrected chi connectivity index (χ2v) is 6.46. The third-order valence-electron chi connectivity index (χ3n) is 4.30. The van der Waals surface area contributed by atoms with Crippen LogP contribution in [0.5, 0.6) is 0 Å². The lowest BCUT2D eigenvalue weighted by atomic mass is 10.3. The molecule has 124 valence electrons. The van der Waals surface area contributed by atoms with E-state index in [-0.39, 0.29) is 12.5 Å². The highest BCUT2D eigenvalue weighted by atomic mass is 16.5. The molecular weight excluding hydrogens is 306 g/mol. The minimum Gasteiger partial charge on any atom is -0.337 e. The van der Waals surface area contributed by atoms with Gasteiger partial charge >= 0.3 is 0 Å². The zero-order chi connectivity index (χ0) is 16.8. The predicted molar refractivity (Wildman–Crippen MR) is 86.7 cm³/mol. The van der Waals surface area contributed by atoms with E-state index in [1.165, 1.54) is 0 Å². The number of carbonyl (C=O) groups excluding carboxylic acids is 1. The summed E-state index contributed by atoms with van der Waals surface area (Å²) < 4.78 is 7.08. The van der Waals surface area contributed by atoms with Crippen molar-refractivity contribution in [2.75, 3.05) is 7.05 Å². The minimum atomic E-state index is -0.116. The lowest BCUT2D eigenvalue weighted by Crippen LogP contribution is -2.28. The Labute approximate surface area is 139 Å². The largest absolute Gasteiger partial charge is 0.337 e. The molecule has 1 amide bonds. The van der Waals surface area contributed by atoms with Gasteiger partial charge in [-0.2, -0.15) is 4.98 Å². The van der Waals surface area contributed by atoms with Crippen molar-refractivity contribution in [3.63, 3.8) is 0 Å². The number of nitrogens with zero attached hydrogens (tertiary/aromatic N) is 5. The minimum absolute atomic E-state index is 0.116. The quantitative estimate of drug-likeness (QED) is 0.736. The van der Waals surface area contributed by atoms with Gasteiger partial charge in [-0.15, -0.1) is 0 Å². The third kappa shape index (κ3) is 2.55. The Balaban J connectivity index is 1.59. The Hall–Kier alpha value is -2.70. The molecule has 1 aliphatic carbocycles. The summed E-state index contributed by atoms with van der Waals surface area (Å²) >= 11 is 0. The van der Waals surface area contributed by atoms with Crippen LogP contribution in [0.15, 0.2) is 22.9 Å². The van der Waals surface area contributed by atoms with Crippen molar-refractivity contribution in [1.82, 2.24) is 24.4 Å². The number of fused-ring (bicyclic) bond motifs is 1. The summed E-state index contributed by atoms with van der Waals surface area (Å²) in [6, 6.07) is 3.93. The van der Waals surface area contributed by atoms with E-state index in [1.54, 1.807) is 11.9 Å². The molecule has 1 saturated carbocycles. The molecule has 0 N–H and O–H groups in total. The number of aromatic nitrogens is 4. The van der Waals surface area contributed by atoms with Crippen LogP contribution >= 0.6 is 0 Å². The molecular formula is C17H19N5O2. The number of rotatable bonds is 4. The number of hydrogen-bond donors (Lipinski definition) is 0. The van der Waals surface area contributed by atoms with E-state index < -0.39 is 0 Å². The molecule has 1 fully saturated rings. The van der Waals surface area contributed by atoms with Crippen molar-refractivity contribution in [3.05, 3.63) is 47.0 Å². The topological polar surface area (TPSA) is 76.5 Å². The molecule has 0 unspecified atom stereocenters. The van der Waals surface area contributed by atoms with Gasteiger partial charge in [-0.1, -0.05) is 5.16 Å². The second-order valence-electron chi connectivity index (χ2n) is 6.46. The SMILES string of the molecule is Cc1ccn2c(C(=O)N(C)Cc3nc(C4CC4)no3)c(C)nc2c1. The molecule has 0 spiro atoms. The van der Waals surface area contributed by atoms with Crippen molar-refractivity contribution in [2.45, 2.75) is 39.2 Å². The van der Waals surface area contributed by atoms with Gasteiger partial charge in [0.1, 0.15) is 17.9 Å². The van der Waals surface area contributed by atoms with Gasteiger partial charge in [-0.05, 0) is 44.4 Å². The van der Waals surface area contributed by atoms with Gasteiger partial charge in [0.15, 0.2) is 5.82 Å². The van der Waals surface area contributed by atoms with Gasteiger partial charge in [0.05, 0.1) is 5.69 Å². The summed E-state index contributed by atoms with van der Waals surface area (Å²) in [6.45, 7) is 4.14. The maximum atomic E-state index is 12.9. The first-order chi connectivity index (χ1) is 11.5. The van der Waals surface area contributed by atoms with Gasteiger partial charge in [-0.3, -0.25) is 9.20 Å². The second kappa shape index (κ2) is 5.43. The first-order valence-electron chi connectivity index (χ1n) is 8.06. The first kappa shape index (κ1) is 14.9. The van der Waals surface area contributed by atoms with E-state index in [0.29, 0.717) is 23.2 Å². The van der Waals surface area contributed by atoms with Gasteiger partial charge in [0.2, 0.25) is 5.89 Å². The summed E-state index contributed by atoms with van der Waals surface area (Å²) in [5.74, 6) is 1.55. The fraction of sp³-hybridized carbons (Fsp3) is 0.412. The molecule has 3 aromatic heterocycles. The standard InChI is InChI=1S/C17H19N5O2/c1-10-6-7-22-13(8-10)18-11(2)15(22)17(23)21(3)9-14-19-16(20-24-14)12-4-5-12/h6-8,12H,4-5,9H2,1-3H3. The Bertz CT molecular complexity index is 922. The van der Waals surface area contributed by atoms with Crippen LogP contribution in [0, 0.1) is 13.8 Å². The summed E-state index contributed by atoms with van der Waals surface area (Å²) in [6.07, 6.45) is 4.12. The van der Waals surface area contributed by atoms with E-state index in [1.807, 2.05) is 36.6 Å². The normalized spacial score (nSPS) is 14.3. The monoisotopic (exact) mass is 325 g/mol. The first-order valence-corrected chi connectivity index (χ1v) is 8.06. The molecule has 3 aromatic rings. The average molecular weight is 325 g/mol. The van der Waals surface area contributed by atoms with Crippen LogP contribution in [-0.4, -0.2) is 37.4 Å². The predicted octanol–water partition coefficient (Wildman–Crippen LogP) is 2.48. The van der Waals surface area contributed by atoms with Crippen molar-refractivity contribution in [2.24, 2.45) is 0 Å². The summed E-state index contributed by atoms with van der Waals surface area (Å²) in [7, 11) is 1.73. The van der Waals surface area contributed by atoms with E-state index in [0.717, 1.165) is 29.9 Å². The molecule has 0 bridgehead atoms. The lowest BCUT2D eigenvalue weighted by Gasteiger charge is -2.15. The van der Waals surface area contributed by atoms with Crippen molar-refractivity contribution in [1.29, 1.82) is 0 Å². The molecule has 7 nitrogen and oxygen atoms in total. The van der Waals surface area contributed by atoms with Crippen molar-refractivity contribution >= 4 is 11.6 Å². The molecule has 4 rings (SSSR count). The maximum absolute atomic E-state index is 12.9. The Morgan fingerprint density at radius 1 is 1.38 bits per heavy atom. The number of amides is 1. The smallest absolute Gasteiger partial charge is 0.272 e. The molecule has 7 heteroatoms. The number of hydrogen-bond acceptors (Lipinski definition) is 5. The molecule has 0 radical (unpaired) electrons. The average Bonchev–Trinajstić information content (AvgIpc) is 3.20. The highest BCUT2D eigenvalue weighted by molar-refractivity contribution is 5.94. The zero-order valence-corrected chi connectivity index (χ0v) is 14.0. The van der Waals surface area contributed by atoms with Crippen LogP contribution in [0.25, 0.3) is 5.65 Å². The van der Waals surface area contributed by atoms with Crippen LogP contribution in [0.4, 0.5) is 0 Å². The summed E-state index contributed by atoms with van der Waals surface area (Å²) in [5.41, 5.74) is 3.16. The van der Waals surface area contributed by atoms with Crippen LogP contribution in [0.2, 0.25) is 0 Å². The molecule has 3 heterocycles. The van der Waals surface area contributed by atoms with E-state index in [9.17, 15) is 4.79 Å². The fourth-order valence-corrected chi connectivity index (χ4v) is 2.82. The maximum Gasteiger partial charge on any atom is 0.272 e. The van der Waals surface area contributed by atoms with Crippen LogP contribution < -0.4 is 0 Å². The molecule has 24 heavy (non-hydrogen) atoms. The highest BCUT2D eigenvalue weighted by Gasteiger charge is 2.29. The lowest BCUT2D eigenvalue weighted by molar-refractivity contribution is 0.0762. The molecule has 0 aliphatic heterocycles. The molecule has 0 atom stereocenters. The highest BCUT2D eigenvalue weighted by Crippen LogP contribution is 2.38. The molecule has 1 aliphatic rings. The Morgan fingerprint density at radius 2 is 2.17 bits per heavy atom. The van der Waals surface area contributed by atoms with Crippen LogP contribution in [-0.2, 0) is 6.54 Å². The number of pyridine rings is 1. The van der Waals surface area contributed by atoms with E-state index in [2.05, 4.69) is 15.1 Å². The Morgan fingerprint density at radius 3 is 2.92 bits per heavy atom. The number of aryl methyl sites for hydroxylation is 2. The van der Waals surface area contributed by atoms with Crippen LogP contribution in [0.3, 0.4) is 0 Å². The van der Waals surface area contributed by atoms with Gasteiger partial charge in [-0.25, -0.2) is 4.98 Å². The van der Waals surface area contributed by atoms with Crippen molar-refractivity contribution < 1.29 is 9.32 Å². The van der Waals surface area contributed by atoms with Gasteiger partial charge < -0.3 is 9.42 Å². The Kier molecular flexibility index (Phi) is 3.37. The third-order valence-corrected chi connectivity index (χ3v) is 4.30. The number of imidazole rings is 1. The number of carbonyl (C=O) groups is 1. The van der Waals surface area contributed by atoms with Crippen molar-refractivity contribution in [3.8, 4) is 0 Å². The summed E-state index contributed by atoms with van der Waals surface area (Å²) in [5, 5.41) is 3.99. The van der Waals surface area contributed by atoms with E-state index in [4.69, 9.17) is 4.52 Å². The van der Waals surface area contributed by atoms with E-state index >= 15 is 0 Å². The molecule has 0 saturated heterocycles. The summed E-state index contributed by atoms with van der Waals surface area (Å²) in [4.78, 5) is 23.3. The zero-order valence-electron chi connectivity index (χ0n) is 14.0. The van der Waals surface area contributed by atoms with Gasteiger partial charge in [0, 0.05) is 19.2 Å². The van der Waals surface area contributed by atoms with Gasteiger partial charge in [0.25, 0.3) is 5.91 Å². The fourth-order valence-electron chi connectivity index (χ4n) is 2.82. The van der Waals surface area contributed by atoms with Crippen LogP contribution in [0.1, 0.15) is 52.2 Å².